The lowest BCUT2D eigenvalue weighted by Gasteiger charge is -2.04. The number of aryl methyl sites for hydroxylation is 1. The highest BCUT2D eigenvalue weighted by Crippen LogP contribution is 2.18. The van der Waals surface area contributed by atoms with Crippen LogP contribution in [0.15, 0.2) is 29.4 Å². The van der Waals surface area contributed by atoms with E-state index in [1.54, 1.807) is 4.68 Å². The van der Waals surface area contributed by atoms with E-state index in [1.807, 2.05) is 31.2 Å². The Hall–Kier alpha value is -1.44. The molecule has 0 aliphatic heterocycles. The summed E-state index contributed by atoms with van der Waals surface area (Å²) in [6, 6.07) is 8.02. The molecule has 1 heterocycles. The van der Waals surface area contributed by atoms with Crippen LogP contribution in [-0.4, -0.2) is 50.9 Å². The predicted octanol–water partition coefficient (Wildman–Crippen LogP) is 1.07. The van der Waals surface area contributed by atoms with E-state index in [9.17, 15) is 0 Å². The third-order valence-electron chi connectivity index (χ3n) is 2.41. The summed E-state index contributed by atoms with van der Waals surface area (Å²) in [5.74, 6) is 0.742. The third kappa shape index (κ3) is 4.02. The number of ether oxygens (including phenoxy) is 1. The molecule has 0 amide bonds. The zero-order chi connectivity index (χ0) is 13.5. The van der Waals surface area contributed by atoms with Gasteiger partial charge in [-0.25, -0.2) is 0 Å². The molecule has 0 aliphatic carbocycles. The molecule has 0 atom stereocenters. The normalized spacial score (nSPS) is 10.8. The van der Waals surface area contributed by atoms with Gasteiger partial charge in [-0.2, -0.15) is 4.68 Å². The molecule has 0 saturated carbocycles. The Kier molecular flexibility index (Phi) is 5.31. The van der Waals surface area contributed by atoms with Crippen molar-refractivity contribution >= 4 is 11.8 Å². The molecule has 1 aromatic carbocycles. The summed E-state index contributed by atoms with van der Waals surface area (Å²) in [5, 5.41) is 21.0. The first kappa shape index (κ1) is 14.0. The molecule has 0 radical (unpaired) electrons. The summed E-state index contributed by atoms with van der Waals surface area (Å²) in [6.07, 6.45) is 0. The zero-order valence-electron chi connectivity index (χ0n) is 10.7. The Morgan fingerprint density at radius 2 is 2.05 bits per heavy atom. The van der Waals surface area contributed by atoms with E-state index in [4.69, 9.17) is 9.84 Å². The maximum absolute atomic E-state index is 8.60. The van der Waals surface area contributed by atoms with Crippen molar-refractivity contribution < 1.29 is 9.84 Å². The van der Waals surface area contributed by atoms with E-state index < -0.39 is 0 Å². The molecule has 0 aliphatic rings. The Balaban J connectivity index is 1.96. The Labute approximate surface area is 115 Å². The molecular weight excluding hydrogens is 264 g/mol. The second-order valence-corrected chi connectivity index (χ2v) is 4.96. The van der Waals surface area contributed by atoms with Gasteiger partial charge in [-0.15, -0.1) is 5.10 Å². The predicted molar refractivity (Wildman–Crippen MR) is 72.5 cm³/mol. The van der Waals surface area contributed by atoms with Gasteiger partial charge in [0, 0.05) is 5.75 Å². The first-order valence-electron chi connectivity index (χ1n) is 5.98. The van der Waals surface area contributed by atoms with Crippen LogP contribution >= 0.6 is 11.8 Å². The Morgan fingerprint density at radius 1 is 1.26 bits per heavy atom. The molecule has 0 fully saturated rings. The first-order valence-corrected chi connectivity index (χ1v) is 6.96. The fourth-order valence-corrected chi connectivity index (χ4v) is 2.22. The van der Waals surface area contributed by atoms with E-state index in [0.717, 1.165) is 16.6 Å². The van der Waals surface area contributed by atoms with E-state index in [2.05, 4.69) is 15.5 Å². The van der Waals surface area contributed by atoms with Crippen molar-refractivity contribution in [2.24, 2.45) is 0 Å². The smallest absolute Gasteiger partial charge is 0.214 e. The van der Waals surface area contributed by atoms with Crippen LogP contribution in [0, 0.1) is 6.92 Å². The van der Waals surface area contributed by atoms with Gasteiger partial charge in [0.2, 0.25) is 5.16 Å². The number of nitrogens with zero attached hydrogens (tertiary/aromatic N) is 4. The number of thioether (sulfide) groups is 1. The summed E-state index contributed by atoms with van der Waals surface area (Å²) in [5.41, 5.74) is 2.14. The topological polar surface area (TPSA) is 73.1 Å². The standard InChI is InChI=1S/C12H16N4O2S/c1-10-2-4-11(5-3-10)16-12(13-14-15-16)19-9-8-18-7-6-17/h2-5,17H,6-9H2,1H3. The minimum atomic E-state index is 0.0474. The Morgan fingerprint density at radius 3 is 2.79 bits per heavy atom. The van der Waals surface area contributed by atoms with Gasteiger partial charge >= 0.3 is 0 Å². The van der Waals surface area contributed by atoms with Crippen molar-refractivity contribution in [3.05, 3.63) is 29.8 Å². The van der Waals surface area contributed by atoms with Crippen LogP contribution in [0.2, 0.25) is 0 Å². The summed E-state index contributed by atoms with van der Waals surface area (Å²) >= 11 is 1.52. The van der Waals surface area contributed by atoms with Crippen LogP contribution in [0.5, 0.6) is 0 Å². The van der Waals surface area contributed by atoms with Crippen molar-refractivity contribution in [3.8, 4) is 5.69 Å². The SMILES string of the molecule is Cc1ccc(-n2nnnc2SCCOCCO)cc1. The van der Waals surface area contributed by atoms with Gasteiger partial charge in [0.15, 0.2) is 0 Å². The molecule has 2 rings (SSSR count). The average Bonchev–Trinajstić information content (AvgIpc) is 2.88. The van der Waals surface area contributed by atoms with E-state index in [1.165, 1.54) is 17.3 Å². The molecule has 6 nitrogen and oxygen atoms in total. The second-order valence-electron chi connectivity index (χ2n) is 3.89. The van der Waals surface area contributed by atoms with Crippen LogP contribution < -0.4 is 0 Å². The fourth-order valence-electron chi connectivity index (χ4n) is 1.48. The minimum Gasteiger partial charge on any atom is -0.394 e. The minimum absolute atomic E-state index is 0.0474. The van der Waals surface area contributed by atoms with Crippen molar-refractivity contribution in [1.29, 1.82) is 0 Å². The van der Waals surface area contributed by atoms with Gasteiger partial charge in [0.25, 0.3) is 0 Å². The molecule has 2 aromatic rings. The molecular formula is C12H16N4O2S. The second kappa shape index (κ2) is 7.22. The molecule has 0 spiro atoms. The number of hydrogen-bond acceptors (Lipinski definition) is 6. The monoisotopic (exact) mass is 280 g/mol. The van der Waals surface area contributed by atoms with Crippen molar-refractivity contribution in [2.45, 2.75) is 12.1 Å². The highest BCUT2D eigenvalue weighted by Gasteiger charge is 2.08. The summed E-state index contributed by atoms with van der Waals surface area (Å²) in [6.45, 7) is 3.01. The summed E-state index contributed by atoms with van der Waals surface area (Å²) in [7, 11) is 0. The molecule has 0 saturated heterocycles. The lowest BCUT2D eigenvalue weighted by molar-refractivity contribution is 0.103. The van der Waals surface area contributed by atoms with Crippen molar-refractivity contribution in [1.82, 2.24) is 20.2 Å². The van der Waals surface area contributed by atoms with Crippen LogP contribution in [0.4, 0.5) is 0 Å². The summed E-state index contributed by atoms with van der Waals surface area (Å²) < 4.78 is 6.90. The lowest BCUT2D eigenvalue weighted by atomic mass is 10.2. The molecule has 0 unspecified atom stereocenters. The highest BCUT2D eigenvalue weighted by atomic mass is 32.2. The number of aliphatic hydroxyl groups excluding tert-OH is 1. The maximum atomic E-state index is 8.60. The van der Waals surface area contributed by atoms with Crippen LogP contribution in [0.25, 0.3) is 5.69 Å². The number of aromatic nitrogens is 4. The molecule has 1 N–H and O–H groups in total. The first-order chi connectivity index (χ1) is 9.31. The van der Waals surface area contributed by atoms with Crippen LogP contribution in [0.1, 0.15) is 5.56 Å². The molecule has 19 heavy (non-hydrogen) atoms. The van der Waals surface area contributed by atoms with Crippen LogP contribution in [-0.2, 0) is 4.74 Å². The maximum Gasteiger partial charge on any atom is 0.214 e. The molecule has 1 aromatic heterocycles. The number of aliphatic hydroxyl groups is 1. The van der Waals surface area contributed by atoms with Gasteiger partial charge < -0.3 is 9.84 Å². The Bertz CT molecular complexity index is 501. The van der Waals surface area contributed by atoms with Crippen LogP contribution in [0.3, 0.4) is 0 Å². The quantitative estimate of drug-likeness (QED) is 0.604. The average molecular weight is 280 g/mol. The number of tetrazole rings is 1. The van der Waals surface area contributed by atoms with Gasteiger partial charge in [0.1, 0.15) is 0 Å². The summed E-state index contributed by atoms with van der Waals surface area (Å²) in [4.78, 5) is 0. The fraction of sp³-hybridized carbons (Fsp3) is 0.417. The number of hydrogen-bond donors (Lipinski definition) is 1. The van der Waals surface area contributed by atoms with E-state index in [-0.39, 0.29) is 6.61 Å². The highest BCUT2D eigenvalue weighted by molar-refractivity contribution is 7.99. The largest absolute Gasteiger partial charge is 0.394 e. The van der Waals surface area contributed by atoms with E-state index >= 15 is 0 Å². The van der Waals surface area contributed by atoms with Crippen molar-refractivity contribution in [3.63, 3.8) is 0 Å². The van der Waals surface area contributed by atoms with Gasteiger partial charge in [-0.05, 0) is 29.5 Å². The van der Waals surface area contributed by atoms with Gasteiger partial charge in [-0.1, -0.05) is 29.5 Å². The van der Waals surface area contributed by atoms with Gasteiger partial charge in [-0.3, -0.25) is 0 Å². The van der Waals surface area contributed by atoms with Crippen molar-refractivity contribution in [2.75, 3.05) is 25.6 Å². The lowest BCUT2D eigenvalue weighted by Crippen LogP contribution is -2.04. The number of rotatable bonds is 7. The molecule has 102 valence electrons. The molecule has 7 heteroatoms. The van der Waals surface area contributed by atoms with Gasteiger partial charge in [0.05, 0.1) is 25.5 Å². The third-order valence-corrected chi connectivity index (χ3v) is 3.30. The molecule has 0 bridgehead atoms. The van der Waals surface area contributed by atoms with E-state index in [0.29, 0.717) is 13.2 Å². The number of benzene rings is 1. The zero-order valence-corrected chi connectivity index (χ0v) is 11.5.